The summed E-state index contributed by atoms with van der Waals surface area (Å²) in [5, 5.41) is 0. The van der Waals surface area contributed by atoms with Gasteiger partial charge in [0.1, 0.15) is 5.75 Å². The molecule has 5 heteroatoms. The van der Waals surface area contributed by atoms with Crippen LogP contribution in [0.2, 0.25) is 0 Å². The smallest absolute Gasteiger partial charge is 0.309 e. The monoisotopic (exact) mass is 355 g/mol. The van der Waals surface area contributed by atoms with Crippen LogP contribution in [0.25, 0.3) is 0 Å². The molecule has 0 saturated heterocycles. The van der Waals surface area contributed by atoms with Crippen molar-refractivity contribution in [3.63, 3.8) is 0 Å². The molecule has 1 amide bonds. The van der Waals surface area contributed by atoms with Crippen LogP contribution in [-0.2, 0) is 20.9 Å². The minimum atomic E-state index is -0.443. The molecular weight excluding hydrogens is 330 g/mol. The van der Waals surface area contributed by atoms with Gasteiger partial charge in [-0.05, 0) is 31.5 Å². The molecule has 0 fully saturated rings. The molecule has 0 N–H and O–H groups in total. The first kappa shape index (κ1) is 19.5. The Bertz CT molecular complexity index is 698. The van der Waals surface area contributed by atoms with Gasteiger partial charge in [0.25, 0.3) is 5.91 Å². The third kappa shape index (κ3) is 6.59. The second-order valence-corrected chi connectivity index (χ2v) is 5.97. The van der Waals surface area contributed by atoms with Crippen molar-refractivity contribution in [1.29, 1.82) is 0 Å². The highest BCUT2D eigenvalue weighted by molar-refractivity contribution is 5.80. The number of carbonyl (C=O) groups excluding carboxylic acids is 2. The third-order valence-electron chi connectivity index (χ3n) is 3.90. The SMILES string of the molecule is CCN(Cc1ccccc1)C(=O)COC(=O)CCOc1ccc(C)cc1. The van der Waals surface area contributed by atoms with Gasteiger partial charge in [0.05, 0.1) is 13.0 Å². The Balaban J connectivity index is 1.69. The highest BCUT2D eigenvalue weighted by atomic mass is 16.5. The molecule has 2 rings (SSSR count). The Morgan fingerprint density at radius 1 is 1.00 bits per heavy atom. The Morgan fingerprint density at radius 3 is 2.35 bits per heavy atom. The molecule has 138 valence electrons. The van der Waals surface area contributed by atoms with Crippen LogP contribution in [0.15, 0.2) is 54.6 Å². The van der Waals surface area contributed by atoms with Crippen molar-refractivity contribution < 1.29 is 19.1 Å². The maximum Gasteiger partial charge on any atom is 0.309 e. The number of amides is 1. The summed E-state index contributed by atoms with van der Waals surface area (Å²) >= 11 is 0. The highest BCUT2D eigenvalue weighted by Gasteiger charge is 2.14. The average molecular weight is 355 g/mol. The molecule has 0 radical (unpaired) electrons. The van der Waals surface area contributed by atoms with Gasteiger partial charge < -0.3 is 14.4 Å². The van der Waals surface area contributed by atoms with Gasteiger partial charge in [-0.1, -0.05) is 48.0 Å². The number of benzene rings is 2. The number of rotatable bonds is 9. The van der Waals surface area contributed by atoms with Gasteiger partial charge in [-0.25, -0.2) is 0 Å². The first-order valence-corrected chi connectivity index (χ1v) is 8.75. The molecule has 0 aliphatic carbocycles. The lowest BCUT2D eigenvalue weighted by Gasteiger charge is -2.20. The van der Waals surface area contributed by atoms with Crippen LogP contribution in [0.5, 0.6) is 5.75 Å². The molecule has 0 aliphatic heterocycles. The minimum Gasteiger partial charge on any atom is -0.493 e. The molecule has 2 aromatic carbocycles. The zero-order valence-electron chi connectivity index (χ0n) is 15.3. The molecule has 0 unspecified atom stereocenters. The zero-order chi connectivity index (χ0) is 18.8. The standard InChI is InChI=1S/C21H25NO4/c1-3-22(15-18-7-5-4-6-8-18)20(23)16-26-21(24)13-14-25-19-11-9-17(2)10-12-19/h4-12H,3,13-16H2,1-2H3. The predicted molar refractivity (Wildman–Crippen MR) is 99.8 cm³/mol. The van der Waals surface area contributed by atoms with Crippen molar-refractivity contribution in [3.8, 4) is 5.75 Å². The van der Waals surface area contributed by atoms with Crippen molar-refractivity contribution in [2.24, 2.45) is 0 Å². The van der Waals surface area contributed by atoms with Gasteiger partial charge in [-0.15, -0.1) is 0 Å². The Hall–Kier alpha value is -2.82. The number of ether oxygens (including phenoxy) is 2. The molecule has 0 aromatic heterocycles. The first-order chi connectivity index (χ1) is 12.6. The number of aryl methyl sites for hydroxylation is 1. The molecule has 0 heterocycles. The van der Waals surface area contributed by atoms with E-state index in [0.29, 0.717) is 18.8 Å². The van der Waals surface area contributed by atoms with Crippen LogP contribution in [0.1, 0.15) is 24.5 Å². The molecule has 26 heavy (non-hydrogen) atoms. The van der Waals surface area contributed by atoms with Gasteiger partial charge in [-0.2, -0.15) is 0 Å². The van der Waals surface area contributed by atoms with E-state index < -0.39 is 5.97 Å². The van der Waals surface area contributed by atoms with Gasteiger partial charge in [0.15, 0.2) is 6.61 Å². The Morgan fingerprint density at radius 2 is 1.69 bits per heavy atom. The van der Waals surface area contributed by atoms with E-state index in [1.165, 1.54) is 0 Å². The molecule has 0 bridgehead atoms. The number of likely N-dealkylation sites (N-methyl/N-ethyl adjacent to an activating group) is 1. The van der Waals surface area contributed by atoms with Crippen LogP contribution in [0.3, 0.4) is 0 Å². The minimum absolute atomic E-state index is 0.103. The summed E-state index contributed by atoms with van der Waals surface area (Å²) in [6, 6.07) is 17.3. The number of hydrogen-bond acceptors (Lipinski definition) is 4. The Labute approximate surface area is 154 Å². The van der Waals surface area contributed by atoms with Gasteiger partial charge >= 0.3 is 5.97 Å². The van der Waals surface area contributed by atoms with Crippen molar-refractivity contribution >= 4 is 11.9 Å². The van der Waals surface area contributed by atoms with Crippen molar-refractivity contribution in [2.45, 2.75) is 26.8 Å². The first-order valence-electron chi connectivity index (χ1n) is 8.75. The molecule has 0 atom stereocenters. The number of hydrogen-bond donors (Lipinski definition) is 0. The molecule has 5 nitrogen and oxygen atoms in total. The zero-order valence-corrected chi connectivity index (χ0v) is 15.3. The fourth-order valence-electron chi connectivity index (χ4n) is 2.37. The van der Waals surface area contributed by atoms with Crippen LogP contribution < -0.4 is 4.74 Å². The largest absolute Gasteiger partial charge is 0.493 e. The van der Waals surface area contributed by atoms with Crippen molar-refractivity contribution in [3.05, 3.63) is 65.7 Å². The highest BCUT2D eigenvalue weighted by Crippen LogP contribution is 2.11. The topological polar surface area (TPSA) is 55.8 Å². The summed E-state index contributed by atoms with van der Waals surface area (Å²) in [5.74, 6) is 0.0601. The van der Waals surface area contributed by atoms with E-state index in [9.17, 15) is 9.59 Å². The molecule has 0 saturated carbocycles. The van der Waals surface area contributed by atoms with E-state index in [2.05, 4.69) is 0 Å². The van der Waals surface area contributed by atoms with E-state index in [4.69, 9.17) is 9.47 Å². The summed E-state index contributed by atoms with van der Waals surface area (Å²) in [5.41, 5.74) is 2.19. The van der Waals surface area contributed by atoms with Crippen LogP contribution in [0.4, 0.5) is 0 Å². The third-order valence-corrected chi connectivity index (χ3v) is 3.90. The summed E-state index contributed by atoms with van der Waals surface area (Å²) in [4.78, 5) is 25.7. The van der Waals surface area contributed by atoms with Crippen LogP contribution >= 0.6 is 0 Å². The second kappa shape index (κ2) is 10.2. The maximum atomic E-state index is 12.2. The Kier molecular flexibility index (Phi) is 7.68. The lowest BCUT2D eigenvalue weighted by molar-refractivity contribution is -0.152. The normalized spacial score (nSPS) is 10.2. The van der Waals surface area contributed by atoms with Crippen LogP contribution in [0, 0.1) is 6.92 Å². The summed E-state index contributed by atoms with van der Waals surface area (Å²) in [6.45, 7) is 4.93. The molecular formula is C21H25NO4. The quantitative estimate of drug-likeness (QED) is 0.647. The van der Waals surface area contributed by atoms with Crippen LogP contribution in [-0.4, -0.2) is 36.5 Å². The van der Waals surface area contributed by atoms with Crippen molar-refractivity contribution in [1.82, 2.24) is 4.90 Å². The lowest BCUT2D eigenvalue weighted by atomic mass is 10.2. The van der Waals surface area contributed by atoms with E-state index in [-0.39, 0.29) is 25.5 Å². The molecule has 2 aromatic rings. The van der Waals surface area contributed by atoms with Crippen molar-refractivity contribution in [2.75, 3.05) is 19.8 Å². The van der Waals surface area contributed by atoms with Gasteiger partial charge in [0, 0.05) is 13.1 Å². The molecule has 0 aliphatic rings. The summed E-state index contributed by atoms with van der Waals surface area (Å²) < 4.78 is 10.6. The fourth-order valence-corrected chi connectivity index (χ4v) is 2.37. The number of carbonyl (C=O) groups is 2. The van der Waals surface area contributed by atoms with E-state index in [1.54, 1.807) is 4.90 Å². The number of esters is 1. The van der Waals surface area contributed by atoms with E-state index >= 15 is 0 Å². The average Bonchev–Trinajstić information content (AvgIpc) is 2.66. The lowest BCUT2D eigenvalue weighted by Crippen LogP contribution is -2.34. The van der Waals surface area contributed by atoms with Gasteiger partial charge in [0.2, 0.25) is 0 Å². The second-order valence-electron chi connectivity index (χ2n) is 5.97. The maximum absolute atomic E-state index is 12.2. The fraction of sp³-hybridized carbons (Fsp3) is 0.333. The number of nitrogens with zero attached hydrogens (tertiary/aromatic N) is 1. The summed E-state index contributed by atoms with van der Waals surface area (Å²) in [7, 11) is 0. The van der Waals surface area contributed by atoms with Gasteiger partial charge in [-0.3, -0.25) is 9.59 Å². The van der Waals surface area contributed by atoms with E-state index in [0.717, 1.165) is 11.1 Å². The summed E-state index contributed by atoms with van der Waals surface area (Å²) in [6.07, 6.45) is 0.103. The molecule has 0 spiro atoms. The van der Waals surface area contributed by atoms with E-state index in [1.807, 2.05) is 68.4 Å². The predicted octanol–water partition coefficient (Wildman–Crippen LogP) is 3.36.